The van der Waals surface area contributed by atoms with E-state index < -0.39 is 11.5 Å². The molecule has 1 N–H and O–H groups in total. The van der Waals surface area contributed by atoms with Crippen LogP contribution in [-0.4, -0.2) is 43.5 Å². The standard InChI is InChI=1S/C22H29F2N5O/c1-21(14-9-15-22(23,24)18-10-5-4-6-11-18)16-13-20(30)29(21)17-8-3-2-7-12-19-25-27-28-26-19/h4-6,9-11,14H,2-3,7-8,12-13,15-17H2,1H3,(H,25,26,27,28)/b14-9+. The van der Waals surface area contributed by atoms with Crippen LogP contribution in [0.3, 0.4) is 0 Å². The molecule has 1 atom stereocenters. The van der Waals surface area contributed by atoms with Crippen molar-refractivity contribution in [3.05, 3.63) is 53.9 Å². The summed E-state index contributed by atoms with van der Waals surface area (Å²) in [6, 6.07) is 7.85. The molecule has 30 heavy (non-hydrogen) atoms. The van der Waals surface area contributed by atoms with Crippen LogP contribution in [0, 0.1) is 0 Å². The van der Waals surface area contributed by atoms with E-state index >= 15 is 0 Å². The summed E-state index contributed by atoms with van der Waals surface area (Å²) in [4.78, 5) is 14.2. The Hall–Kier alpha value is -2.64. The van der Waals surface area contributed by atoms with Crippen molar-refractivity contribution in [2.75, 3.05) is 6.54 Å². The highest BCUT2D eigenvalue weighted by Crippen LogP contribution is 2.35. The SMILES string of the molecule is CC1(/C=C/CC(F)(F)c2ccccc2)CCC(=O)N1CCCCCCc1nn[nH]n1. The van der Waals surface area contributed by atoms with Crippen molar-refractivity contribution in [2.45, 2.75) is 69.8 Å². The molecular weight excluding hydrogens is 388 g/mol. The number of aryl methyl sites for hydroxylation is 1. The molecule has 6 nitrogen and oxygen atoms in total. The third kappa shape index (κ3) is 5.70. The Morgan fingerprint density at radius 3 is 2.70 bits per heavy atom. The van der Waals surface area contributed by atoms with Gasteiger partial charge in [-0.2, -0.15) is 5.21 Å². The summed E-state index contributed by atoms with van der Waals surface area (Å²) in [6.07, 6.45) is 8.75. The number of unbranched alkanes of at least 4 members (excludes halogenated alkanes) is 3. The van der Waals surface area contributed by atoms with Crippen LogP contribution in [0.1, 0.15) is 63.3 Å². The summed E-state index contributed by atoms with van der Waals surface area (Å²) in [5, 5.41) is 13.8. The van der Waals surface area contributed by atoms with E-state index in [1.165, 1.54) is 18.2 Å². The van der Waals surface area contributed by atoms with Crippen molar-refractivity contribution in [3.8, 4) is 0 Å². The number of allylic oxidation sites excluding steroid dienone is 1. The lowest BCUT2D eigenvalue weighted by molar-refractivity contribution is -0.130. The summed E-state index contributed by atoms with van der Waals surface area (Å²) in [6.45, 7) is 2.61. The van der Waals surface area contributed by atoms with Crippen LogP contribution in [0.4, 0.5) is 8.78 Å². The molecule has 1 saturated heterocycles. The minimum atomic E-state index is -2.92. The van der Waals surface area contributed by atoms with Gasteiger partial charge in [-0.3, -0.25) is 4.79 Å². The molecule has 0 saturated carbocycles. The van der Waals surface area contributed by atoms with Crippen LogP contribution >= 0.6 is 0 Å². The Morgan fingerprint density at radius 2 is 1.97 bits per heavy atom. The van der Waals surface area contributed by atoms with E-state index in [9.17, 15) is 13.6 Å². The minimum absolute atomic E-state index is 0.0139. The molecule has 1 aromatic heterocycles. The molecule has 1 aliphatic rings. The quantitative estimate of drug-likeness (QED) is 0.434. The maximum absolute atomic E-state index is 14.4. The predicted octanol–water partition coefficient (Wildman–Crippen LogP) is 4.42. The number of carbonyl (C=O) groups excluding carboxylic acids is 1. The number of nitrogens with one attached hydrogen (secondary N) is 1. The van der Waals surface area contributed by atoms with Gasteiger partial charge in [-0.05, 0) is 26.2 Å². The average molecular weight is 418 g/mol. The maximum atomic E-state index is 14.4. The predicted molar refractivity (Wildman–Crippen MR) is 110 cm³/mol. The van der Waals surface area contributed by atoms with Gasteiger partial charge in [0.05, 0.1) is 5.54 Å². The topological polar surface area (TPSA) is 74.8 Å². The summed E-state index contributed by atoms with van der Waals surface area (Å²) in [5.41, 5.74) is -0.478. The van der Waals surface area contributed by atoms with E-state index in [-0.39, 0.29) is 17.9 Å². The summed E-state index contributed by atoms with van der Waals surface area (Å²) in [7, 11) is 0. The average Bonchev–Trinajstić information content (AvgIpc) is 3.34. The lowest BCUT2D eigenvalue weighted by Crippen LogP contribution is -2.42. The molecule has 1 amide bonds. The summed E-state index contributed by atoms with van der Waals surface area (Å²) in [5.74, 6) is -2.10. The number of carbonyl (C=O) groups is 1. The molecule has 162 valence electrons. The number of nitrogens with zero attached hydrogens (tertiary/aromatic N) is 4. The lowest BCUT2D eigenvalue weighted by Gasteiger charge is -2.33. The van der Waals surface area contributed by atoms with Crippen molar-refractivity contribution < 1.29 is 13.6 Å². The zero-order chi connectivity index (χ0) is 21.5. The number of aromatic nitrogens is 4. The smallest absolute Gasteiger partial charge is 0.276 e. The van der Waals surface area contributed by atoms with E-state index in [0.717, 1.165) is 37.9 Å². The first-order valence-corrected chi connectivity index (χ1v) is 10.5. The van der Waals surface area contributed by atoms with Gasteiger partial charge in [0.15, 0.2) is 5.82 Å². The van der Waals surface area contributed by atoms with Crippen molar-refractivity contribution in [1.29, 1.82) is 0 Å². The van der Waals surface area contributed by atoms with Gasteiger partial charge in [-0.25, -0.2) is 8.78 Å². The number of aromatic amines is 1. The first kappa shape index (κ1) is 22.1. The normalized spacial score (nSPS) is 19.8. The lowest BCUT2D eigenvalue weighted by atomic mass is 9.96. The highest BCUT2D eigenvalue weighted by atomic mass is 19.3. The molecule has 1 aliphatic heterocycles. The number of halogens is 2. The van der Waals surface area contributed by atoms with Gasteiger partial charge in [0.25, 0.3) is 5.92 Å². The van der Waals surface area contributed by atoms with Crippen molar-refractivity contribution in [3.63, 3.8) is 0 Å². The Kier molecular flexibility index (Phi) is 7.29. The molecular formula is C22H29F2N5O. The Bertz CT molecular complexity index is 825. The van der Waals surface area contributed by atoms with Gasteiger partial charge in [0.2, 0.25) is 5.91 Å². The second-order valence-corrected chi connectivity index (χ2v) is 8.07. The van der Waals surface area contributed by atoms with Crippen molar-refractivity contribution in [2.24, 2.45) is 0 Å². The third-order valence-corrected chi connectivity index (χ3v) is 5.73. The van der Waals surface area contributed by atoms with E-state index in [2.05, 4.69) is 20.6 Å². The van der Waals surface area contributed by atoms with Crippen LogP contribution in [0.15, 0.2) is 42.5 Å². The van der Waals surface area contributed by atoms with Gasteiger partial charge < -0.3 is 4.90 Å². The van der Waals surface area contributed by atoms with Gasteiger partial charge in [0, 0.05) is 31.4 Å². The van der Waals surface area contributed by atoms with Crippen LogP contribution < -0.4 is 0 Å². The molecule has 2 aromatic rings. The van der Waals surface area contributed by atoms with Crippen LogP contribution in [0.5, 0.6) is 0 Å². The molecule has 1 unspecified atom stereocenters. The molecule has 0 spiro atoms. The fraction of sp³-hybridized carbons (Fsp3) is 0.545. The molecule has 0 bridgehead atoms. The first-order chi connectivity index (χ1) is 14.4. The first-order valence-electron chi connectivity index (χ1n) is 10.5. The monoisotopic (exact) mass is 417 g/mol. The molecule has 1 aromatic carbocycles. The number of amides is 1. The van der Waals surface area contributed by atoms with Crippen LogP contribution in [0.2, 0.25) is 0 Å². The second kappa shape index (κ2) is 9.91. The zero-order valence-corrected chi connectivity index (χ0v) is 17.4. The maximum Gasteiger partial charge on any atom is 0.276 e. The molecule has 0 aliphatic carbocycles. The Balaban J connectivity index is 1.47. The second-order valence-electron chi connectivity index (χ2n) is 8.07. The number of H-pyrrole nitrogens is 1. The largest absolute Gasteiger partial charge is 0.334 e. The number of alkyl halides is 2. The molecule has 0 radical (unpaired) electrons. The number of benzene rings is 1. The number of hydrogen-bond donors (Lipinski definition) is 1. The van der Waals surface area contributed by atoms with E-state index in [1.54, 1.807) is 24.3 Å². The van der Waals surface area contributed by atoms with E-state index in [4.69, 9.17) is 0 Å². The Morgan fingerprint density at radius 1 is 1.20 bits per heavy atom. The number of tetrazole rings is 1. The summed E-state index contributed by atoms with van der Waals surface area (Å²) >= 11 is 0. The van der Waals surface area contributed by atoms with E-state index in [0.29, 0.717) is 19.4 Å². The number of likely N-dealkylation sites (tertiary alicyclic amines) is 1. The highest BCUT2D eigenvalue weighted by Gasteiger charge is 2.39. The Labute approximate surface area is 175 Å². The van der Waals surface area contributed by atoms with Gasteiger partial charge >= 0.3 is 0 Å². The third-order valence-electron chi connectivity index (χ3n) is 5.73. The number of rotatable bonds is 11. The summed E-state index contributed by atoms with van der Waals surface area (Å²) < 4.78 is 28.8. The van der Waals surface area contributed by atoms with Crippen LogP contribution in [-0.2, 0) is 17.1 Å². The molecule has 1 fully saturated rings. The fourth-order valence-corrected chi connectivity index (χ4v) is 3.92. The van der Waals surface area contributed by atoms with Crippen molar-refractivity contribution in [1.82, 2.24) is 25.5 Å². The van der Waals surface area contributed by atoms with Crippen LogP contribution in [0.25, 0.3) is 0 Å². The van der Waals surface area contributed by atoms with Gasteiger partial charge in [-0.1, -0.05) is 60.5 Å². The zero-order valence-electron chi connectivity index (χ0n) is 17.4. The molecule has 3 rings (SSSR count). The highest BCUT2D eigenvalue weighted by molar-refractivity contribution is 5.80. The number of hydrogen-bond acceptors (Lipinski definition) is 4. The molecule has 8 heteroatoms. The minimum Gasteiger partial charge on any atom is -0.334 e. The van der Waals surface area contributed by atoms with E-state index in [1.807, 2.05) is 11.8 Å². The van der Waals surface area contributed by atoms with Gasteiger partial charge in [-0.15, -0.1) is 10.2 Å². The molecule has 2 heterocycles. The van der Waals surface area contributed by atoms with Crippen molar-refractivity contribution >= 4 is 5.91 Å². The fourth-order valence-electron chi connectivity index (χ4n) is 3.92. The van der Waals surface area contributed by atoms with Gasteiger partial charge in [0.1, 0.15) is 0 Å².